The highest BCUT2D eigenvalue weighted by atomic mass is 19.1. The third-order valence-electron chi connectivity index (χ3n) is 5.30. The smallest absolute Gasteiger partial charge is 0.330 e. The van der Waals surface area contributed by atoms with Crippen LogP contribution in [0, 0.1) is 5.82 Å². The van der Waals surface area contributed by atoms with E-state index in [4.69, 9.17) is 0 Å². The Kier molecular flexibility index (Phi) is 5.81. The number of aliphatic hydroxyl groups excluding tert-OH is 1. The standard InChI is InChI=1S/C23H24FN5O2/c1-3-16-4-10-20(11-5-16)28-13-17-12-25-22(26-19-8-6-18(24)7-9-19)27-21(17)29(23(28)31)15(2)14-30/h4-12,15,30H,3,13-14H2,1-2H3,(H,25,26,27). The molecule has 31 heavy (non-hydrogen) atoms. The minimum absolute atomic E-state index is 0.210. The largest absolute Gasteiger partial charge is 0.394 e. The Morgan fingerprint density at radius 2 is 1.87 bits per heavy atom. The lowest BCUT2D eigenvalue weighted by Gasteiger charge is -2.38. The lowest BCUT2D eigenvalue weighted by atomic mass is 10.1. The van der Waals surface area contributed by atoms with E-state index >= 15 is 0 Å². The van der Waals surface area contributed by atoms with E-state index in [1.165, 1.54) is 22.6 Å². The number of nitrogens with zero attached hydrogens (tertiary/aromatic N) is 4. The molecule has 1 aromatic heterocycles. The van der Waals surface area contributed by atoms with Crippen LogP contribution in [0.5, 0.6) is 0 Å². The van der Waals surface area contributed by atoms with Crippen molar-refractivity contribution in [3.8, 4) is 0 Å². The number of hydrogen-bond acceptors (Lipinski definition) is 5. The van der Waals surface area contributed by atoms with Crippen molar-refractivity contribution in [1.82, 2.24) is 9.97 Å². The summed E-state index contributed by atoms with van der Waals surface area (Å²) in [5, 5.41) is 12.8. The van der Waals surface area contributed by atoms with E-state index in [1.54, 1.807) is 30.2 Å². The molecule has 7 nitrogen and oxygen atoms in total. The molecule has 2 N–H and O–H groups in total. The maximum atomic E-state index is 13.4. The van der Waals surface area contributed by atoms with Gasteiger partial charge in [0, 0.05) is 23.1 Å². The van der Waals surface area contributed by atoms with Crippen molar-refractivity contribution in [1.29, 1.82) is 0 Å². The second-order valence-corrected chi connectivity index (χ2v) is 7.46. The van der Waals surface area contributed by atoms with Crippen LogP contribution in [0.1, 0.15) is 25.0 Å². The topological polar surface area (TPSA) is 81.6 Å². The second-order valence-electron chi connectivity index (χ2n) is 7.46. The molecule has 3 aromatic rings. The zero-order valence-corrected chi connectivity index (χ0v) is 17.4. The molecule has 4 rings (SSSR count). The fraction of sp³-hybridized carbons (Fsp3) is 0.261. The van der Waals surface area contributed by atoms with Crippen molar-refractivity contribution in [2.24, 2.45) is 0 Å². The first kappa shape index (κ1) is 20.7. The number of benzene rings is 2. The number of nitrogens with one attached hydrogen (secondary N) is 1. The lowest BCUT2D eigenvalue weighted by Crippen LogP contribution is -2.52. The lowest BCUT2D eigenvalue weighted by molar-refractivity contribution is 0.234. The van der Waals surface area contributed by atoms with E-state index < -0.39 is 6.04 Å². The number of rotatable bonds is 6. The van der Waals surface area contributed by atoms with E-state index in [1.807, 2.05) is 24.3 Å². The number of aryl methyl sites for hydroxylation is 1. The maximum Gasteiger partial charge on any atom is 0.330 e. The summed E-state index contributed by atoms with van der Waals surface area (Å²) in [6.07, 6.45) is 2.59. The number of fused-ring (bicyclic) bond motifs is 1. The fourth-order valence-electron chi connectivity index (χ4n) is 3.49. The summed E-state index contributed by atoms with van der Waals surface area (Å²) >= 11 is 0. The highest BCUT2D eigenvalue weighted by Crippen LogP contribution is 2.32. The third kappa shape index (κ3) is 4.20. The molecule has 1 aliphatic rings. The summed E-state index contributed by atoms with van der Waals surface area (Å²) in [6.45, 7) is 3.96. The first-order chi connectivity index (χ1) is 15.0. The van der Waals surface area contributed by atoms with Gasteiger partial charge < -0.3 is 10.4 Å². The van der Waals surface area contributed by atoms with Gasteiger partial charge in [-0.05, 0) is 55.3 Å². The molecule has 0 fully saturated rings. The third-order valence-corrected chi connectivity index (χ3v) is 5.30. The summed E-state index contributed by atoms with van der Waals surface area (Å²) < 4.78 is 13.2. The Bertz CT molecular complexity index is 1070. The van der Waals surface area contributed by atoms with E-state index in [9.17, 15) is 14.3 Å². The van der Waals surface area contributed by atoms with Gasteiger partial charge in [0.25, 0.3) is 0 Å². The summed E-state index contributed by atoms with van der Waals surface area (Å²) in [6, 6.07) is 13.0. The molecule has 2 amide bonds. The van der Waals surface area contributed by atoms with Gasteiger partial charge in [-0.2, -0.15) is 4.98 Å². The average Bonchev–Trinajstić information content (AvgIpc) is 2.80. The molecule has 8 heteroatoms. The van der Waals surface area contributed by atoms with Crippen LogP contribution in [0.15, 0.2) is 54.7 Å². The maximum absolute atomic E-state index is 13.4. The van der Waals surface area contributed by atoms with Gasteiger partial charge >= 0.3 is 6.03 Å². The van der Waals surface area contributed by atoms with Crippen LogP contribution in [0.3, 0.4) is 0 Å². The molecule has 0 aliphatic carbocycles. The van der Waals surface area contributed by atoms with Gasteiger partial charge in [-0.3, -0.25) is 9.80 Å². The van der Waals surface area contributed by atoms with Crippen LogP contribution in [0.25, 0.3) is 0 Å². The summed E-state index contributed by atoms with van der Waals surface area (Å²) in [4.78, 5) is 25.4. The summed E-state index contributed by atoms with van der Waals surface area (Å²) in [5.74, 6) is 0.402. The van der Waals surface area contributed by atoms with Gasteiger partial charge in [-0.25, -0.2) is 14.2 Å². The van der Waals surface area contributed by atoms with Gasteiger partial charge in [-0.1, -0.05) is 19.1 Å². The van der Waals surface area contributed by atoms with Gasteiger partial charge in [0.2, 0.25) is 5.95 Å². The predicted octanol–water partition coefficient (Wildman–Crippen LogP) is 4.25. The molecule has 1 atom stereocenters. The fourth-order valence-corrected chi connectivity index (χ4v) is 3.49. The summed E-state index contributed by atoms with van der Waals surface area (Å²) in [7, 11) is 0. The van der Waals surface area contributed by atoms with Gasteiger partial charge in [0.15, 0.2) is 0 Å². The van der Waals surface area contributed by atoms with Gasteiger partial charge in [0.1, 0.15) is 11.6 Å². The number of aliphatic hydroxyl groups is 1. The molecule has 160 valence electrons. The van der Waals surface area contributed by atoms with Crippen molar-refractivity contribution in [2.45, 2.75) is 32.9 Å². The molecule has 1 aliphatic heterocycles. The SMILES string of the molecule is CCc1ccc(N2Cc3cnc(Nc4ccc(F)cc4)nc3N(C(C)CO)C2=O)cc1. The molecular formula is C23H24FN5O2. The van der Waals surface area contributed by atoms with Crippen LogP contribution < -0.4 is 15.1 Å². The van der Waals surface area contributed by atoms with Gasteiger partial charge in [0.05, 0.1) is 19.2 Å². The zero-order chi connectivity index (χ0) is 22.0. The molecular weight excluding hydrogens is 397 g/mol. The highest BCUT2D eigenvalue weighted by Gasteiger charge is 2.35. The van der Waals surface area contributed by atoms with Crippen LogP contribution in [-0.4, -0.2) is 33.8 Å². The van der Waals surface area contributed by atoms with Crippen molar-refractivity contribution in [2.75, 3.05) is 21.7 Å². The number of urea groups is 1. The number of anilines is 4. The van der Waals surface area contributed by atoms with Crippen molar-refractivity contribution >= 4 is 29.2 Å². The number of carbonyl (C=O) groups is 1. The van der Waals surface area contributed by atoms with Crippen molar-refractivity contribution in [3.63, 3.8) is 0 Å². The van der Waals surface area contributed by atoms with Gasteiger partial charge in [-0.15, -0.1) is 0 Å². The first-order valence-corrected chi connectivity index (χ1v) is 10.2. The Hall–Kier alpha value is -3.52. The molecule has 1 unspecified atom stereocenters. The first-order valence-electron chi connectivity index (χ1n) is 10.2. The molecule has 0 bridgehead atoms. The Morgan fingerprint density at radius 3 is 2.52 bits per heavy atom. The summed E-state index contributed by atoms with van der Waals surface area (Å²) in [5.41, 5.74) is 3.36. The number of halogens is 1. The van der Waals surface area contributed by atoms with Crippen LogP contribution >= 0.6 is 0 Å². The number of hydrogen-bond donors (Lipinski definition) is 2. The second kappa shape index (κ2) is 8.69. The molecule has 0 saturated heterocycles. The van der Waals surface area contributed by atoms with E-state index in [0.29, 0.717) is 18.1 Å². The molecule has 2 aromatic carbocycles. The van der Waals surface area contributed by atoms with E-state index in [0.717, 1.165) is 17.7 Å². The molecule has 0 saturated carbocycles. The minimum Gasteiger partial charge on any atom is -0.394 e. The van der Waals surface area contributed by atoms with Crippen LogP contribution in [0.2, 0.25) is 0 Å². The predicted molar refractivity (Wildman–Crippen MR) is 118 cm³/mol. The molecule has 0 spiro atoms. The quantitative estimate of drug-likeness (QED) is 0.622. The van der Waals surface area contributed by atoms with E-state index in [2.05, 4.69) is 22.2 Å². The average molecular weight is 421 g/mol. The number of carbonyl (C=O) groups excluding carboxylic acids is 1. The molecule has 0 radical (unpaired) electrons. The molecule has 2 heterocycles. The monoisotopic (exact) mass is 421 g/mol. The highest BCUT2D eigenvalue weighted by molar-refractivity contribution is 6.05. The van der Waals surface area contributed by atoms with Crippen LogP contribution in [-0.2, 0) is 13.0 Å². The van der Waals surface area contributed by atoms with Crippen molar-refractivity contribution < 1.29 is 14.3 Å². The van der Waals surface area contributed by atoms with Crippen molar-refractivity contribution in [3.05, 3.63) is 71.7 Å². The number of amides is 2. The number of aromatic nitrogens is 2. The van der Waals surface area contributed by atoms with E-state index in [-0.39, 0.29) is 24.4 Å². The zero-order valence-electron chi connectivity index (χ0n) is 17.4. The Labute approximate surface area is 180 Å². The normalized spacial score (nSPS) is 14.4. The Balaban J connectivity index is 1.68. The van der Waals surface area contributed by atoms with Crippen LogP contribution in [0.4, 0.5) is 32.3 Å². The minimum atomic E-state index is -0.475. The Morgan fingerprint density at radius 1 is 1.16 bits per heavy atom.